The van der Waals surface area contributed by atoms with Crippen LogP contribution in [-0.4, -0.2) is 34.6 Å². The first kappa shape index (κ1) is 19.7. The molecule has 0 atom stereocenters. The molecule has 0 radical (unpaired) electrons. The van der Waals surface area contributed by atoms with Gasteiger partial charge in [0, 0.05) is 26.2 Å². The molecule has 0 aliphatic carbocycles. The van der Waals surface area contributed by atoms with Gasteiger partial charge in [-0.1, -0.05) is 23.8 Å². The lowest BCUT2D eigenvalue weighted by Gasteiger charge is -2.32. The highest BCUT2D eigenvalue weighted by Crippen LogP contribution is 2.42. The molecule has 4 nitrogen and oxygen atoms in total. The van der Waals surface area contributed by atoms with Crippen LogP contribution in [0.1, 0.15) is 16.7 Å². The Balaban J connectivity index is 2.23. The van der Waals surface area contributed by atoms with E-state index in [-0.39, 0.29) is 10.6 Å². The number of nitrogens with one attached hydrogen (secondary N) is 1. The zero-order chi connectivity index (χ0) is 19.8. The fraction of sp³-hybridized carbons (Fsp3) is 0.368. The van der Waals surface area contributed by atoms with Crippen LogP contribution in [0.4, 0.5) is 18.9 Å². The molecule has 1 saturated heterocycles. The minimum absolute atomic E-state index is 0.0881. The molecule has 1 fully saturated rings. The third kappa shape index (κ3) is 3.82. The van der Waals surface area contributed by atoms with E-state index in [4.69, 9.17) is 0 Å². The molecule has 3 rings (SSSR count). The highest BCUT2D eigenvalue weighted by atomic mass is 32.2. The Hall–Kier alpha value is -2.06. The molecule has 1 aliphatic heterocycles. The fourth-order valence-electron chi connectivity index (χ4n) is 3.42. The van der Waals surface area contributed by atoms with Crippen LogP contribution >= 0.6 is 0 Å². The molecule has 1 aliphatic rings. The van der Waals surface area contributed by atoms with Crippen LogP contribution in [0.5, 0.6) is 0 Å². The predicted molar refractivity (Wildman–Crippen MR) is 97.9 cm³/mol. The lowest BCUT2D eigenvalue weighted by atomic mass is 10.1. The summed E-state index contributed by atoms with van der Waals surface area (Å²) in [6, 6.07) is 8.38. The van der Waals surface area contributed by atoms with E-state index in [1.54, 1.807) is 30.9 Å². The van der Waals surface area contributed by atoms with Gasteiger partial charge in [-0.3, -0.25) is 0 Å². The van der Waals surface area contributed by atoms with Crippen molar-refractivity contribution in [2.45, 2.75) is 29.8 Å². The first-order valence-corrected chi connectivity index (χ1v) is 10.1. The monoisotopic (exact) mass is 398 g/mol. The van der Waals surface area contributed by atoms with Gasteiger partial charge in [0.1, 0.15) is 0 Å². The summed E-state index contributed by atoms with van der Waals surface area (Å²) in [6.07, 6.45) is -4.79. The highest BCUT2D eigenvalue weighted by molar-refractivity contribution is 7.91. The predicted octanol–water partition coefficient (Wildman–Crippen LogP) is 3.56. The molecule has 0 spiro atoms. The molecule has 27 heavy (non-hydrogen) atoms. The topological polar surface area (TPSA) is 49.4 Å². The molecule has 1 N–H and O–H groups in total. The lowest BCUT2D eigenvalue weighted by Crippen LogP contribution is -2.44. The number of nitrogens with zero attached hydrogens (tertiary/aromatic N) is 1. The number of piperazine rings is 1. The number of hydrogen-bond donors (Lipinski definition) is 1. The molecular formula is C19H21F3N2O2S. The van der Waals surface area contributed by atoms with E-state index in [1.165, 1.54) is 18.2 Å². The maximum absolute atomic E-state index is 14.0. The molecule has 2 aromatic rings. The van der Waals surface area contributed by atoms with Crippen molar-refractivity contribution in [2.24, 2.45) is 0 Å². The number of benzene rings is 2. The number of aryl methyl sites for hydroxylation is 2. The van der Waals surface area contributed by atoms with E-state index in [0.29, 0.717) is 31.7 Å². The number of rotatable bonds is 3. The summed E-state index contributed by atoms with van der Waals surface area (Å²) < 4.78 is 68.2. The van der Waals surface area contributed by atoms with E-state index < -0.39 is 26.5 Å². The van der Waals surface area contributed by atoms with Crippen molar-refractivity contribution in [3.63, 3.8) is 0 Å². The summed E-state index contributed by atoms with van der Waals surface area (Å²) in [4.78, 5) is 0.786. The molecule has 0 amide bonds. The number of sulfone groups is 1. The molecular weight excluding hydrogens is 377 g/mol. The van der Waals surface area contributed by atoms with Crippen LogP contribution in [-0.2, 0) is 16.0 Å². The summed E-state index contributed by atoms with van der Waals surface area (Å²) in [7, 11) is -4.32. The normalized spacial score (nSPS) is 15.8. The van der Waals surface area contributed by atoms with Gasteiger partial charge < -0.3 is 10.2 Å². The van der Waals surface area contributed by atoms with Gasteiger partial charge in [-0.2, -0.15) is 13.2 Å². The van der Waals surface area contributed by atoms with Crippen LogP contribution in [0.3, 0.4) is 0 Å². The van der Waals surface area contributed by atoms with Crippen molar-refractivity contribution in [2.75, 3.05) is 31.1 Å². The summed E-state index contributed by atoms with van der Waals surface area (Å²) in [5.41, 5.74) is 0.0921. The smallest absolute Gasteiger partial charge is 0.368 e. The maximum atomic E-state index is 14.0. The minimum Gasteiger partial charge on any atom is -0.368 e. The number of hydrogen-bond acceptors (Lipinski definition) is 4. The number of halogens is 3. The largest absolute Gasteiger partial charge is 0.419 e. The molecule has 0 saturated carbocycles. The minimum atomic E-state index is -4.79. The van der Waals surface area contributed by atoms with E-state index >= 15 is 0 Å². The molecule has 2 aromatic carbocycles. The zero-order valence-electron chi connectivity index (χ0n) is 15.1. The average Bonchev–Trinajstić information content (AvgIpc) is 2.60. The van der Waals surface area contributed by atoms with Gasteiger partial charge in [-0.15, -0.1) is 0 Å². The first-order chi connectivity index (χ1) is 12.6. The van der Waals surface area contributed by atoms with E-state index in [0.717, 1.165) is 11.6 Å². The third-order valence-corrected chi connectivity index (χ3v) is 6.61. The van der Waals surface area contributed by atoms with Crippen LogP contribution in [0.2, 0.25) is 0 Å². The molecule has 0 bridgehead atoms. The van der Waals surface area contributed by atoms with E-state index in [9.17, 15) is 21.6 Å². The number of anilines is 1. The zero-order valence-corrected chi connectivity index (χ0v) is 15.9. The SMILES string of the molecule is Cc1ccc(S(=O)(=O)c2cccc(N3CCNCC3)c2C(F)(F)F)c(C)c1. The van der Waals surface area contributed by atoms with Crippen molar-refractivity contribution in [1.82, 2.24) is 5.32 Å². The third-order valence-electron chi connectivity index (χ3n) is 4.65. The van der Waals surface area contributed by atoms with Gasteiger partial charge in [-0.05, 0) is 37.6 Å². The van der Waals surface area contributed by atoms with Crippen LogP contribution in [0.15, 0.2) is 46.2 Å². The van der Waals surface area contributed by atoms with Gasteiger partial charge in [0.25, 0.3) is 0 Å². The summed E-state index contributed by atoms with van der Waals surface area (Å²) in [5.74, 6) is 0. The van der Waals surface area contributed by atoms with Gasteiger partial charge in [0.2, 0.25) is 9.84 Å². The van der Waals surface area contributed by atoms with E-state index in [1.807, 2.05) is 0 Å². The second-order valence-corrected chi connectivity index (χ2v) is 8.54. The van der Waals surface area contributed by atoms with Gasteiger partial charge in [0.05, 0.1) is 21.0 Å². The summed E-state index contributed by atoms with van der Waals surface area (Å²) >= 11 is 0. The Morgan fingerprint density at radius 1 is 1.00 bits per heavy atom. The van der Waals surface area contributed by atoms with E-state index in [2.05, 4.69) is 5.32 Å². The molecule has 146 valence electrons. The Bertz CT molecular complexity index is 950. The highest BCUT2D eigenvalue weighted by Gasteiger charge is 2.41. The summed E-state index contributed by atoms with van der Waals surface area (Å²) in [5, 5.41) is 3.08. The molecule has 8 heteroatoms. The van der Waals surface area contributed by atoms with Crippen molar-refractivity contribution >= 4 is 15.5 Å². The quantitative estimate of drug-likeness (QED) is 0.859. The average molecular weight is 398 g/mol. The number of alkyl halides is 3. The van der Waals surface area contributed by atoms with Crippen molar-refractivity contribution in [3.8, 4) is 0 Å². The Morgan fingerprint density at radius 2 is 1.67 bits per heavy atom. The standard InChI is InChI=1S/C19H21F3N2O2S/c1-13-6-7-16(14(2)12-13)27(25,26)17-5-3-4-15(18(17)19(20,21)22)24-10-8-23-9-11-24/h3-7,12,23H,8-11H2,1-2H3. The van der Waals surface area contributed by atoms with Crippen LogP contribution in [0.25, 0.3) is 0 Å². The lowest BCUT2D eigenvalue weighted by molar-refractivity contribution is -0.139. The van der Waals surface area contributed by atoms with Crippen LogP contribution < -0.4 is 10.2 Å². The Kier molecular flexibility index (Phi) is 5.22. The molecule has 0 unspecified atom stereocenters. The Morgan fingerprint density at radius 3 is 2.26 bits per heavy atom. The van der Waals surface area contributed by atoms with Crippen molar-refractivity contribution in [1.29, 1.82) is 0 Å². The fourth-order valence-corrected chi connectivity index (χ4v) is 5.13. The van der Waals surface area contributed by atoms with Crippen LogP contribution in [0, 0.1) is 13.8 Å². The second-order valence-electron chi connectivity index (χ2n) is 6.66. The van der Waals surface area contributed by atoms with Crippen molar-refractivity contribution < 1.29 is 21.6 Å². The maximum Gasteiger partial charge on any atom is 0.419 e. The van der Waals surface area contributed by atoms with Gasteiger partial charge in [-0.25, -0.2) is 8.42 Å². The molecule has 0 aromatic heterocycles. The summed E-state index contributed by atoms with van der Waals surface area (Å²) in [6.45, 7) is 5.26. The molecule has 1 heterocycles. The second kappa shape index (κ2) is 7.16. The Labute approximate surface area is 156 Å². The first-order valence-electron chi connectivity index (χ1n) is 8.60. The van der Waals surface area contributed by atoms with Gasteiger partial charge in [0.15, 0.2) is 0 Å². The van der Waals surface area contributed by atoms with Crippen molar-refractivity contribution in [3.05, 3.63) is 53.1 Å². The van der Waals surface area contributed by atoms with Gasteiger partial charge >= 0.3 is 6.18 Å².